The summed E-state index contributed by atoms with van der Waals surface area (Å²) in [7, 11) is 1.70. The van der Waals surface area contributed by atoms with Crippen LogP contribution in [0.4, 0.5) is 0 Å². The summed E-state index contributed by atoms with van der Waals surface area (Å²) in [4.78, 5) is 0. The molecule has 3 aromatic carbocycles. The number of hydrogen-bond donors (Lipinski definition) is 1. The van der Waals surface area contributed by atoms with Crippen molar-refractivity contribution in [1.82, 2.24) is 5.32 Å². The Labute approximate surface area is 193 Å². The highest BCUT2D eigenvalue weighted by Crippen LogP contribution is 2.37. The largest absolute Gasteiger partial charge is 0.497 e. The Hall–Kier alpha value is -3.09. The second-order valence-corrected chi connectivity index (χ2v) is 8.37. The van der Waals surface area contributed by atoms with Crippen molar-refractivity contribution < 1.29 is 4.74 Å². The Morgan fingerprint density at radius 3 is 1.84 bits per heavy atom. The number of hydrogen-bond acceptors (Lipinski definition) is 3. The van der Waals surface area contributed by atoms with Crippen molar-refractivity contribution >= 4 is 0 Å². The molecule has 0 saturated heterocycles. The standard InChI is InChI=1S/C29H34N2O/c1-24(23-30)13-7-3-4-12-22-31-29(25-14-8-5-9-15-25,26-16-10-6-11-17-26)27-18-20-28(32-2)21-19-27/h5-6,8-11,14-21,24,31H,3-4,7,12-13,22H2,1-2H3. The molecular formula is C29H34N2O. The molecule has 0 bridgehead atoms. The van der Waals surface area contributed by atoms with Crippen LogP contribution in [0.1, 0.15) is 55.7 Å². The van der Waals surface area contributed by atoms with E-state index in [4.69, 9.17) is 10.00 Å². The van der Waals surface area contributed by atoms with Gasteiger partial charge in [0.25, 0.3) is 0 Å². The molecule has 1 unspecified atom stereocenters. The van der Waals surface area contributed by atoms with Gasteiger partial charge in [-0.1, -0.05) is 92.1 Å². The molecule has 0 spiro atoms. The Kier molecular flexibility index (Phi) is 8.90. The lowest BCUT2D eigenvalue weighted by atomic mass is 9.77. The second-order valence-electron chi connectivity index (χ2n) is 8.37. The number of methoxy groups -OCH3 is 1. The van der Waals surface area contributed by atoms with E-state index in [1.165, 1.54) is 23.1 Å². The molecular weight excluding hydrogens is 392 g/mol. The van der Waals surface area contributed by atoms with Crippen LogP contribution in [0.25, 0.3) is 0 Å². The van der Waals surface area contributed by atoms with Gasteiger partial charge in [-0.25, -0.2) is 0 Å². The average molecular weight is 427 g/mol. The first-order valence-corrected chi connectivity index (χ1v) is 11.6. The van der Waals surface area contributed by atoms with Crippen LogP contribution < -0.4 is 10.1 Å². The quantitative estimate of drug-likeness (QED) is 0.259. The monoisotopic (exact) mass is 426 g/mol. The summed E-state index contributed by atoms with van der Waals surface area (Å²) >= 11 is 0. The van der Waals surface area contributed by atoms with Crippen LogP contribution in [0.15, 0.2) is 84.9 Å². The zero-order chi connectivity index (χ0) is 22.7. The summed E-state index contributed by atoms with van der Waals surface area (Å²) < 4.78 is 5.41. The van der Waals surface area contributed by atoms with Crippen molar-refractivity contribution in [2.24, 2.45) is 5.92 Å². The van der Waals surface area contributed by atoms with Crippen molar-refractivity contribution in [2.45, 2.75) is 44.6 Å². The van der Waals surface area contributed by atoms with Crippen molar-refractivity contribution in [3.63, 3.8) is 0 Å². The zero-order valence-electron chi connectivity index (χ0n) is 19.3. The van der Waals surface area contributed by atoms with Crippen molar-refractivity contribution in [3.05, 3.63) is 102 Å². The predicted octanol–water partition coefficient (Wildman–Crippen LogP) is 6.69. The Balaban J connectivity index is 1.85. The highest BCUT2D eigenvalue weighted by atomic mass is 16.5. The minimum Gasteiger partial charge on any atom is -0.497 e. The third kappa shape index (κ3) is 5.78. The summed E-state index contributed by atoms with van der Waals surface area (Å²) in [6, 6.07) is 32.1. The van der Waals surface area contributed by atoms with E-state index in [-0.39, 0.29) is 5.92 Å². The number of ether oxygens (including phenoxy) is 1. The maximum absolute atomic E-state index is 8.95. The third-order valence-corrected chi connectivity index (χ3v) is 6.11. The average Bonchev–Trinajstić information content (AvgIpc) is 2.87. The maximum atomic E-state index is 8.95. The number of nitriles is 1. The molecule has 3 heteroatoms. The molecule has 0 aliphatic rings. The summed E-state index contributed by atoms with van der Waals surface area (Å²) in [5.74, 6) is 1.02. The summed E-state index contributed by atoms with van der Waals surface area (Å²) in [6.07, 6.45) is 5.54. The molecule has 166 valence electrons. The normalized spacial score (nSPS) is 12.2. The van der Waals surface area contributed by atoms with Crippen LogP contribution in [-0.4, -0.2) is 13.7 Å². The van der Waals surface area contributed by atoms with Gasteiger partial charge in [-0.05, 0) is 55.1 Å². The van der Waals surface area contributed by atoms with Gasteiger partial charge < -0.3 is 4.74 Å². The van der Waals surface area contributed by atoms with Gasteiger partial charge in [-0.15, -0.1) is 0 Å². The molecule has 32 heavy (non-hydrogen) atoms. The summed E-state index contributed by atoms with van der Waals surface area (Å²) in [5, 5.41) is 12.9. The molecule has 0 aliphatic carbocycles. The van der Waals surface area contributed by atoms with E-state index in [0.717, 1.165) is 38.0 Å². The number of benzene rings is 3. The van der Waals surface area contributed by atoms with E-state index in [2.05, 4.69) is 84.2 Å². The Bertz CT molecular complexity index is 922. The van der Waals surface area contributed by atoms with Gasteiger partial charge in [0.15, 0.2) is 0 Å². The van der Waals surface area contributed by atoms with E-state index in [0.29, 0.717) is 0 Å². The first-order valence-electron chi connectivity index (χ1n) is 11.6. The van der Waals surface area contributed by atoms with Crippen LogP contribution in [0.2, 0.25) is 0 Å². The molecule has 0 saturated carbocycles. The first-order chi connectivity index (χ1) is 15.7. The number of rotatable bonds is 12. The fourth-order valence-corrected chi connectivity index (χ4v) is 4.29. The van der Waals surface area contributed by atoms with Crippen LogP contribution in [-0.2, 0) is 5.54 Å². The maximum Gasteiger partial charge on any atom is 0.118 e. The SMILES string of the molecule is COc1ccc(C(NCCCCCCC(C)C#N)(c2ccccc2)c2ccccc2)cc1. The summed E-state index contributed by atoms with van der Waals surface area (Å²) in [5.41, 5.74) is 3.20. The number of nitrogens with one attached hydrogen (secondary N) is 1. The molecule has 0 heterocycles. The van der Waals surface area contributed by atoms with E-state index in [9.17, 15) is 0 Å². The van der Waals surface area contributed by atoms with Gasteiger partial charge in [-0.2, -0.15) is 5.26 Å². The Morgan fingerprint density at radius 2 is 1.31 bits per heavy atom. The van der Waals surface area contributed by atoms with Crippen LogP contribution in [0.3, 0.4) is 0 Å². The fourth-order valence-electron chi connectivity index (χ4n) is 4.29. The van der Waals surface area contributed by atoms with Crippen molar-refractivity contribution in [3.8, 4) is 11.8 Å². The fraction of sp³-hybridized carbons (Fsp3) is 0.345. The second kappa shape index (κ2) is 12.1. The van der Waals surface area contributed by atoms with Gasteiger partial charge in [0.05, 0.1) is 18.7 Å². The topological polar surface area (TPSA) is 45.0 Å². The lowest BCUT2D eigenvalue weighted by Crippen LogP contribution is -2.45. The van der Waals surface area contributed by atoms with Crippen molar-refractivity contribution in [2.75, 3.05) is 13.7 Å². The smallest absolute Gasteiger partial charge is 0.118 e. The van der Waals surface area contributed by atoms with Gasteiger partial charge >= 0.3 is 0 Å². The van der Waals surface area contributed by atoms with Gasteiger partial charge in [-0.3, -0.25) is 5.32 Å². The molecule has 0 fully saturated rings. The highest BCUT2D eigenvalue weighted by molar-refractivity contribution is 5.50. The molecule has 0 aromatic heterocycles. The molecule has 1 atom stereocenters. The molecule has 3 rings (SSSR count). The van der Waals surface area contributed by atoms with Gasteiger partial charge in [0.2, 0.25) is 0 Å². The lowest BCUT2D eigenvalue weighted by Gasteiger charge is -2.37. The molecule has 3 nitrogen and oxygen atoms in total. The molecule has 0 radical (unpaired) electrons. The zero-order valence-corrected chi connectivity index (χ0v) is 19.3. The van der Waals surface area contributed by atoms with E-state index in [1.54, 1.807) is 7.11 Å². The number of nitrogens with zero attached hydrogens (tertiary/aromatic N) is 1. The van der Waals surface area contributed by atoms with Gasteiger partial charge in [0.1, 0.15) is 5.75 Å². The highest BCUT2D eigenvalue weighted by Gasteiger charge is 2.35. The lowest BCUT2D eigenvalue weighted by molar-refractivity contribution is 0.413. The van der Waals surface area contributed by atoms with E-state index < -0.39 is 5.54 Å². The third-order valence-electron chi connectivity index (χ3n) is 6.11. The molecule has 3 aromatic rings. The van der Waals surface area contributed by atoms with E-state index in [1.807, 2.05) is 19.1 Å². The van der Waals surface area contributed by atoms with Crippen LogP contribution in [0.5, 0.6) is 5.75 Å². The first kappa shape index (κ1) is 23.6. The molecule has 0 amide bonds. The summed E-state index contributed by atoms with van der Waals surface area (Å²) in [6.45, 7) is 2.91. The van der Waals surface area contributed by atoms with Crippen LogP contribution >= 0.6 is 0 Å². The molecule has 1 N–H and O–H groups in total. The number of unbranched alkanes of at least 4 members (excludes halogenated alkanes) is 3. The Morgan fingerprint density at radius 1 is 0.781 bits per heavy atom. The van der Waals surface area contributed by atoms with E-state index >= 15 is 0 Å². The van der Waals surface area contributed by atoms with Crippen molar-refractivity contribution in [1.29, 1.82) is 5.26 Å². The van der Waals surface area contributed by atoms with Crippen LogP contribution in [0, 0.1) is 17.2 Å². The minimum atomic E-state index is -0.440. The molecule has 0 aliphatic heterocycles. The minimum absolute atomic E-state index is 0.159. The van der Waals surface area contributed by atoms with Gasteiger partial charge in [0, 0.05) is 5.92 Å². The predicted molar refractivity (Wildman–Crippen MR) is 132 cm³/mol.